The van der Waals surface area contributed by atoms with Crippen molar-refractivity contribution >= 4 is 15.9 Å². The third kappa shape index (κ3) is 5.80. The number of rotatable bonds is 3. The van der Waals surface area contributed by atoms with Gasteiger partial charge in [0.25, 0.3) is 0 Å². The summed E-state index contributed by atoms with van der Waals surface area (Å²) in [6, 6.07) is 0. The van der Waals surface area contributed by atoms with Crippen molar-refractivity contribution in [3.63, 3.8) is 0 Å². The van der Waals surface area contributed by atoms with Crippen molar-refractivity contribution in [3.05, 3.63) is 22.7 Å². The van der Waals surface area contributed by atoms with Crippen LogP contribution in [0.3, 0.4) is 0 Å². The number of hydrogen-bond donors (Lipinski definition) is 1. The van der Waals surface area contributed by atoms with Crippen LogP contribution in [0.25, 0.3) is 0 Å². The zero-order valence-corrected chi connectivity index (χ0v) is 7.06. The second-order valence-electron chi connectivity index (χ2n) is 1.81. The van der Waals surface area contributed by atoms with E-state index in [9.17, 15) is 0 Å². The second kappa shape index (κ2) is 6.05. The van der Waals surface area contributed by atoms with E-state index >= 15 is 0 Å². The molecule has 1 N–H and O–H groups in total. The molecule has 9 heavy (non-hydrogen) atoms. The molecule has 0 rings (SSSR count). The Morgan fingerprint density at radius 1 is 1.67 bits per heavy atom. The van der Waals surface area contributed by atoms with Gasteiger partial charge in [-0.1, -0.05) is 33.7 Å². The SMILES string of the molecule is C/C(=C\C=C\Br)CCO. The second-order valence-corrected chi connectivity index (χ2v) is 2.33. The average Bonchev–Trinajstić information content (AvgIpc) is 1.85. The van der Waals surface area contributed by atoms with Crippen LogP contribution >= 0.6 is 15.9 Å². The Morgan fingerprint density at radius 3 is 2.78 bits per heavy atom. The van der Waals surface area contributed by atoms with Crippen LogP contribution in [0.1, 0.15) is 13.3 Å². The molecule has 0 aromatic heterocycles. The minimum atomic E-state index is 0.235. The van der Waals surface area contributed by atoms with Gasteiger partial charge in [0.2, 0.25) is 0 Å². The first-order chi connectivity index (χ1) is 4.31. The van der Waals surface area contributed by atoms with Crippen LogP contribution in [0.15, 0.2) is 22.7 Å². The molecule has 0 aliphatic heterocycles. The molecule has 0 amide bonds. The monoisotopic (exact) mass is 190 g/mol. The van der Waals surface area contributed by atoms with Crippen molar-refractivity contribution in [2.24, 2.45) is 0 Å². The molecule has 0 atom stereocenters. The van der Waals surface area contributed by atoms with Gasteiger partial charge in [0.15, 0.2) is 0 Å². The smallest absolute Gasteiger partial charge is 0.0468 e. The summed E-state index contributed by atoms with van der Waals surface area (Å²) in [4.78, 5) is 1.79. The Bertz CT molecular complexity index is 116. The molecule has 0 aliphatic rings. The molecule has 1 nitrogen and oxygen atoms in total. The molecule has 0 aliphatic carbocycles. The predicted octanol–water partition coefficient (Wildman–Crippen LogP) is 2.22. The van der Waals surface area contributed by atoms with Crippen LogP contribution in [0.2, 0.25) is 0 Å². The predicted molar refractivity (Wildman–Crippen MR) is 43.5 cm³/mol. The summed E-state index contributed by atoms with van der Waals surface area (Å²) in [7, 11) is 0. The molecule has 0 spiro atoms. The van der Waals surface area contributed by atoms with Crippen molar-refractivity contribution in [2.45, 2.75) is 13.3 Å². The minimum Gasteiger partial charge on any atom is -0.396 e. The molecule has 0 unspecified atom stereocenters. The van der Waals surface area contributed by atoms with Crippen molar-refractivity contribution in [1.29, 1.82) is 0 Å². The maximum absolute atomic E-state index is 8.46. The molecule has 0 aromatic carbocycles. The number of allylic oxidation sites excluding steroid dienone is 2. The molecule has 52 valence electrons. The van der Waals surface area contributed by atoms with E-state index in [2.05, 4.69) is 15.9 Å². The molecule has 0 bridgehead atoms. The summed E-state index contributed by atoms with van der Waals surface area (Å²) in [6.07, 6.45) is 4.62. The molecular weight excluding hydrogens is 180 g/mol. The van der Waals surface area contributed by atoms with Gasteiger partial charge in [0, 0.05) is 6.61 Å². The quantitative estimate of drug-likeness (QED) is 0.678. The third-order valence-electron chi connectivity index (χ3n) is 0.960. The topological polar surface area (TPSA) is 20.2 Å². The van der Waals surface area contributed by atoms with E-state index in [1.165, 1.54) is 5.57 Å². The van der Waals surface area contributed by atoms with Crippen LogP contribution in [0.4, 0.5) is 0 Å². The Kier molecular flexibility index (Phi) is 5.99. The number of hydrogen-bond acceptors (Lipinski definition) is 1. The lowest BCUT2D eigenvalue weighted by atomic mass is 10.2. The van der Waals surface area contributed by atoms with E-state index in [0.29, 0.717) is 0 Å². The van der Waals surface area contributed by atoms with Gasteiger partial charge in [-0.25, -0.2) is 0 Å². The first-order valence-electron chi connectivity index (χ1n) is 2.84. The zero-order valence-electron chi connectivity index (χ0n) is 5.47. The standard InChI is InChI=1S/C7H11BrO/c1-7(4-6-9)3-2-5-8/h2-3,5,9H,4,6H2,1H3/b5-2+,7-3+. The number of aliphatic hydroxyl groups is 1. The maximum Gasteiger partial charge on any atom is 0.0468 e. The van der Waals surface area contributed by atoms with Gasteiger partial charge >= 0.3 is 0 Å². The molecule has 2 heteroatoms. The molecule has 0 radical (unpaired) electrons. The van der Waals surface area contributed by atoms with Crippen LogP contribution in [0, 0.1) is 0 Å². The summed E-state index contributed by atoms with van der Waals surface area (Å²) in [5.74, 6) is 0. The van der Waals surface area contributed by atoms with Crippen molar-refractivity contribution in [2.75, 3.05) is 6.61 Å². The van der Waals surface area contributed by atoms with Gasteiger partial charge in [0.1, 0.15) is 0 Å². The van der Waals surface area contributed by atoms with Gasteiger partial charge in [0.05, 0.1) is 0 Å². The van der Waals surface area contributed by atoms with Crippen molar-refractivity contribution in [3.8, 4) is 0 Å². The maximum atomic E-state index is 8.46. The molecule has 0 heterocycles. The molecule has 0 saturated carbocycles. The first-order valence-corrected chi connectivity index (χ1v) is 3.76. The van der Waals surface area contributed by atoms with E-state index in [-0.39, 0.29) is 6.61 Å². The van der Waals surface area contributed by atoms with Gasteiger partial charge in [-0.15, -0.1) is 0 Å². The van der Waals surface area contributed by atoms with E-state index in [1.54, 1.807) is 4.99 Å². The molecule has 0 saturated heterocycles. The summed E-state index contributed by atoms with van der Waals surface area (Å²) in [6.45, 7) is 2.22. The Balaban J connectivity index is 3.55. The van der Waals surface area contributed by atoms with Crippen molar-refractivity contribution in [1.82, 2.24) is 0 Å². The van der Waals surface area contributed by atoms with Gasteiger partial charge in [-0.2, -0.15) is 0 Å². The number of aliphatic hydroxyl groups excluding tert-OH is 1. The Labute approximate surface area is 64.2 Å². The Morgan fingerprint density at radius 2 is 2.33 bits per heavy atom. The lowest BCUT2D eigenvalue weighted by molar-refractivity contribution is 0.299. The van der Waals surface area contributed by atoms with Crippen molar-refractivity contribution < 1.29 is 5.11 Å². The van der Waals surface area contributed by atoms with Crippen LogP contribution in [-0.2, 0) is 0 Å². The van der Waals surface area contributed by atoms with Gasteiger partial charge < -0.3 is 5.11 Å². The van der Waals surface area contributed by atoms with Gasteiger partial charge in [-0.3, -0.25) is 0 Å². The fourth-order valence-corrected chi connectivity index (χ4v) is 0.613. The summed E-state index contributed by atoms with van der Waals surface area (Å²) in [5.41, 5.74) is 1.19. The zero-order chi connectivity index (χ0) is 7.11. The highest BCUT2D eigenvalue weighted by Gasteiger charge is 1.82. The lowest BCUT2D eigenvalue weighted by Gasteiger charge is -1.91. The van der Waals surface area contributed by atoms with E-state index in [4.69, 9.17) is 5.11 Å². The Hall–Kier alpha value is -0.0800. The summed E-state index contributed by atoms with van der Waals surface area (Å²) < 4.78 is 0. The number of halogens is 1. The summed E-state index contributed by atoms with van der Waals surface area (Å²) >= 11 is 3.14. The molecule has 0 aromatic rings. The highest BCUT2D eigenvalue weighted by Crippen LogP contribution is 1.98. The molecular formula is C7H11BrO. The van der Waals surface area contributed by atoms with Crippen LogP contribution in [-0.4, -0.2) is 11.7 Å². The van der Waals surface area contributed by atoms with E-state index in [1.807, 2.05) is 19.1 Å². The first kappa shape index (κ1) is 8.92. The molecule has 0 fully saturated rings. The largest absolute Gasteiger partial charge is 0.396 e. The van der Waals surface area contributed by atoms with Crippen LogP contribution in [0.5, 0.6) is 0 Å². The normalized spacial score (nSPS) is 13.0. The third-order valence-corrected chi connectivity index (χ3v) is 1.26. The minimum absolute atomic E-state index is 0.235. The fraction of sp³-hybridized carbons (Fsp3) is 0.429. The average molecular weight is 191 g/mol. The summed E-state index contributed by atoms with van der Waals surface area (Å²) in [5, 5.41) is 8.46. The lowest BCUT2D eigenvalue weighted by Crippen LogP contribution is -1.81. The van der Waals surface area contributed by atoms with Crippen LogP contribution < -0.4 is 0 Å². The fourth-order valence-electron chi connectivity index (χ4n) is 0.460. The van der Waals surface area contributed by atoms with Gasteiger partial charge in [-0.05, 0) is 18.3 Å². The highest BCUT2D eigenvalue weighted by molar-refractivity contribution is 9.11. The van der Waals surface area contributed by atoms with E-state index < -0.39 is 0 Å². The highest BCUT2D eigenvalue weighted by atomic mass is 79.9. The van der Waals surface area contributed by atoms with E-state index in [0.717, 1.165) is 6.42 Å².